The molecule has 0 amide bonds. The molecular weight excluding hydrogens is 259 g/mol. The third kappa shape index (κ3) is 2.69. The molecule has 1 aromatic carbocycles. The molecular formula is C14H15FN4O. The Kier molecular flexibility index (Phi) is 3.84. The number of hydrogen-bond acceptors (Lipinski definition) is 4. The second-order valence-corrected chi connectivity index (χ2v) is 4.35. The number of hydrogen-bond donors (Lipinski definition) is 2. The number of nitrogens with zero attached hydrogens (tertiary/aromatic N) is 3. The van der Waals surface area contributed by atoms with Crippen LogP contribution in [0.15, 0.2) is 41.6 Å². The minimum atomic E-state index is -0.344. The number of rotatable bonds is 3. The average molecular weight is 274 g/mol. The van der Waals surface area contributed by atoms with Crippen LogP contribution >= 0.6 is 0 Å². The molecule has 0 saturated carbocycles. The molecule has 2 rings (SSSR count). The van der Waals surface area contributed by atoms with Gasteiger partial charge in [0, 0.05) is 18.3 Å². The molecule has 0 atom stereocenters. The van der Waals surface area contributed by atoms with Crippen molar-refractivity contribution in [1.29, 1.82) is 0 Å². The molecule has 0 radical (unpaired) electrons. The number of aryl methyl sites for hydroxylation is 1. The van der Waals surface area contributed by atoms with Gasteiger partial charge >= 0.3 is 0 Å². The predicted molar refractivity (Wildman–Crippen MR) is 75.9 cm³/mol. The lowest BCUT2D eigenvalue weighted by Crippen LogP contribution is -2.17. The first kappa shape index (κ1) is 13.8. The molecule has 5 nitrogen and oxygen atoms in total. The fourth-order valence-electron chi connectivity index (χ4n) is 1.88. The van der Waals surface area contributed by atoms with Crippen molar-refractivity contribution in [2.24, 2.45) is 10.9 Å². The highest BCUT2D eigenvalue weighted by atomic mass is 19.1. The van der Waals surface area contributed by atoms with Gasteiger partial charge in [-0.1, -0.05) is 17.3 Å². The van der Waals surface area contributed by atoms with Gasteiger partial charge in [0.15, 0.2) is 5.84 Å². The van der Waals surface area contributed by atoms with Crippen LogP contribution in [0.3, 0.4) is 0 Å². The van der Waals surface area contributed by atoms with Crippen LogP contribution in [0.25, 0.3) is 0 Å². The molecule has 0 saturated heterocycles. The quantitative estimate of drug-likeness (QED) is 0.390. The molecule has 0 spiro atoms. The standard InChI is InChI=1S/C14H15FN4O/c1-9-7-10(14(16)18-20)8-13(17-9)19(2)12-6-4-3-5-11(12)15/h3-8,20H,1-2H3,(H2,16,18). The first-order chi connectivity index (χ1) is 9.52. The third-order valence-electron chi connectivity index (χ3n) is 2.90. The van der Waals surface area contributed by atoms with Crippen LogP contribution in [-0.4, -0.2) is 23.1 Å². The topological polar surface area (TPSA) is 74.7 Å². The number of benzene rings is 1. The Morgan fingerprint density at radius 3 is 2.70 bits per heavy atom. The van der Waals surface area contributed by atoms with Crippen LogP contribution in [0.4, 0.5) is 15.9 Å². The van der Waals surface area contributed by atoms with Crippen LogP contribution in [-0.2, 0) is 0 Å². The molecule has 1 heterocycles. The molecule has 0 aliphatic rings. The van der Waals surface area contributed by atoms with Crippen LogP contribution < -0.4 is 10.6 Å². The van der Waals surface area contributed by atoms with Crippen molar-refractivity contribution in [1.82, 2.24) is 4.98 Å². The van der Waals surface area contributed by atoms with Gasteiger partial charge in [-0.25, -0.2) is 9.37 Å². The summed E-state index contributed by atoms with van der Waals surface area (Å²) in [6, 6.07) is 9.73. The largest absolute Gasteiger partial charge is 0.409 e. The molecule has 0 fully saturated rings. The number of nitrogens with two attached hydrogens (primary N) is 1. The average Bonchev–Trinajstić information content (AvgIpc) is 2.45. The monoisotopic (exact) mass is 274 g/mol. The van der Waals surface area contributed by atoms with E-state index in [9.17, 15) is 4.39 Å². The molecule has 2 aromatic rings. The Balaban J connectivity index is 2.48. The van der Waals surface area contributed by atoms with Crippen molar-refractivity contribution in [3.63, 3.8) is 0 Å². The molecule has 0 bridgehead atoms. The summed E-state index contributed by atoms with van der Waals surface area (Å²) in [5.41, 5.74) is 7.19. The maximum absolute atomic E-state index is 13.8. The summed E-state index contributed by atoms with van der Waals surface area (Å²) < 4.78 is 13.8. The van der Waals surface area contributed by atoms with Gasteiger partial charge in [-0.2, -0.15) is 0 Å². The van der Waals surface area contributed by atoms with Crippen molar-refractivity contribution >= 4 is 17.3 Å². The van der Waals surface area contributed by atoms with Gasteiger partial charge in [-0.3, -0.25) is 0 Å². The number of pyridine rings is 1. The summed E-state index contributed by atoms with van der Waals surface area (Å²) in [4.78, 5) is 5.94. The highest BCUT2D eigenvalue weighted by Crippen LogP contribution is 2.25. The van der Waals surface area contributed by atoms with E-state index in [1.807, 2.05) is 0 Å². The van der Waals surface area contributed by atoms with Crippen molar-refractivity contribution in [3.8, 4) is 0 Å². The summed E-state index contributed by atoms with van der Waals surface area (Å²) in [7, 11) is 1.70. The van der Waals surface area contributed by atoms with E-state index in [4.69, 9.17) is 10.9 Å². The highest BCUT2D eigenvalue weighted by Gasteiger charge is 2.12. The normalized spacial score (nSPS) is 11.4. The summed E-state index contributed by atoms with van der Waals surface area (Å²) in [5.74, 6) is 0.152. The smallest absolute Gasteiger partial charge is 0.170 e. The predicted octanol–water partition coefficient (Wildman–Crippen LogP) is 2.39. The van der Waals surface area contributed by atoms with Crippen LogP contribution in [0, 0.1) is 12.7 Å². The van der Waals surface area contributed by atoms with E-state index in [-0.39, 0.29) is 11.7 Å². The highest BCUT2D eigenvalue weighted by molar-refractivity contribution is 5.97. The van der Waals surface area contributed by atoms with Gasteiger partial charge in [-0.05, 0) is 31.2 Å². The van der Waals surface area contributed by atoms with E-state index in [2.05, 4.69) is 10.1 Å². The van der Waals surface area contributed by atoms with E-state index in [1.54, 1.807) is 49.2 Å². The Morgan fingerprint density at radius 2 is 2.05 bits per heavy atom. The Hall–Kier alpha value is -2.63. The molecule has 104 valence electrons. The maximum Gasteiger partial charge on any atom is 0.170 e. The van der Waals surface area contributed by atoms with Gasteiger partial charge in [-0.15, -0.1) is 0 Å². The van der Waals surface area contributed by atoms with Crippen LogP contribution in [0.2, 0.25) is 0 Å². The van der Waals surface area contributed by atoms with Gasteiger partial charge < -0.3 is 15.8 Å². The van der Waals surface area contributed by atoms with Crippen LogP contribution in [0.5, 0.6) is 0 Å². The number of amidine groups is 1. The Morgan fingerprint density at radius 1 is 1.35 bits per heavy atom. The van der Waals surface area contributed by atoms with E-state index < -0.39 is 0 Å². The first-order valence-corrected chi connectivity index (χ1v) is 5.97. The second kappa shape index (κ2) is 5.56. The molecule has 1 aromatic heterocycles. The summed E-state index contributed by atoms with van der Waals surface area (Å²) in [6.45, 7) is 1.78. The lowest BCUT2D eigenvalue weighted by Gasteiger charge is -2.20. The maximum atomic E-state index is 13.8. The lowest BCUT2D eigenvalue weighted by atomic mass is 10.2. The van der Waals surface area contributed by atoms with Gasteiger partial charge in [0.25, 0.3) is 0 Å². The van der Waals surface area contributed by atoms with E-state index in [0.29, 0.717) is 22.8 Å². The fraction of sp³-hybridized carbons (Fsp3) is 0.143. The number of anilines is 2. The minimum Gasteiger partial charge on any atom is -0.409 e. The van der Waals surface area contributed by atoms with Gasteiger partial charge in [0.05, 0.1) is 5.69 Å². The first-order valence-electron chi connectivity index (χ1n) is 5.97. The van der Waals surface area contributed by atoms with Crippen molar-refractivity contribution in [2.45, 2.75) is 6.92 Å². The molecule has 0 aliphatic carbocycles. The summed E-state index contributed by atoms with van der Waals surface area (Å²) >= 11 is 0. The summed E-state index contributed by atoms with van der Waals surface area (Å²) in [6.07, 6.45) is 0. The zero-order valence-electron chi connectivity index (χ0n) is 11.2. The summed E-state index contributed by atoms with van der Waals surface area (Å²) in [5, 5.41) is 11.7. The van der Waals surface area contributed by atoms with Gasteiger partial charge in [0.2, 0.25) is 0 Å². The van der Waals surface area contributed by atoms with E-state index in [1.165, 1.54) is 6.07 Å². The molecule has 0 aliphatic heterocycles. The van der Waals surface area contributed by atoms with Crippen LogP contribution in [0.1, 0.15) is 11.3 Å². The van der Waals surface area contributed by atoms with Crippen molar-refractivity contribution < 1.29 is 9.60 Å². The zero-order valence-corrected chi connectivity index (χ0v) is 11.2. The second-order valence-electron chi connectivity index (χ2n) is 4.35. The molecule has 0 unspecified atom stereocenters. The van der Waals surface area contributed by atoms with E-state index in [0.717, 1.165) is 0 Å². The lowest BCUT2D eigenvalue weighted by molar-refractivity contribution is 0.318. The number of halogens is 1. The number of para-hydroxylation sites is 1. The third-order valence-corrected chi connectivity index (χ3v) is 2.90. The zero-order chi connectivity index (χ0) is 14.7. The number of oxime groups is 1. The molecule has 3 N–H and O–H groups in total. The SMILES string of the molecule is Cc1cc(/C(N)=N/O)cc(N(C)c2ccccc2F)n1. The van der Waals surface area contributed by atoms with Crippen molar-refractivity contribution in [3.05, 3.63) is 53.5 Å². The fourth-order valence-corrected chi connectivity index (χ4v) is 1.88. The number of aromatic nitrogens is 1. The van der Waals surface area contributed by atoms with E-state index >= 15 is 0 Å². The Bertz CT molecular complexity index is 657. The molecule has 20 heavy (non-hydrogen) atoms. The molecule has 6 heteroatoms. The Labute approximate surface area is 116 Å². The minimum absolute atomic E-state index is 0.0151. The van der Waals surface area contributed by atoms with Gasteiger partial charge in [0.1, 0.15) is 11.6 Å². The van der Waals surface area contributed by atoms with Crippen molar-refractivity contribution in [2.75, 3.05) is 11.9 Å².